The van der Waals surface area contributed by atoms with E-state index in [1.54, 1.807) is 30.3 Å². The van der Waals surface area contributed by atoms with Gasteiger partial charge in [0, 0.05) is 19.4 Å². The number of hydrogen-bond donors (Lipinski definition) is 8. The minimum Gasteiger partial charge on any atom is -0.508 e. The van der Waals surface area contributed by atoms with E-state index in [0.29, 0.717) is 30.6 Å². The third-order valence-corrected chi connectivity index (χ3v) is 7.62. The number of nitrogens with one attached hydrogen (secondary N) is 4. The average Bonchev–Trinajstić information content (AvgIpc) is 2.95. The van der Waals surface area contributed by atoms with Gasteiger partial charge in [0.2, 0.25) is 17.7 Å². The zero-order chi connectivity index (χ0) is 28.6. The molecule has 11 heteroatoms. The molecule has 4 bridgehead atoms. The number of hydrogen-bond acceptors (Lipinski definition) is 8. The highest BCUT2D eigenvalue weighted by Gasteiger charge is 2.30. The van der Waals surface area contributed by atoms with E-state index in [1.165, 1.54) is 6.07 Å². The van der Waals surface area contributed by atoms with E-state index >= 15 is 0 Å². The van der Waals surface area contributed by atoms with Crippen LogP contribution in [0.25, 0.3) is 11.1 Å². The maximum Gasteiger partial charge on any atom is 0.243 e. The van der Waals surface area contributed by atoms with Gasteiger partial charge >= 0.3 is 0 Å². The normalized spacial score (nSPS) is 23.8. The summed E-state index contributed by atoms with van der Waals surface area (Å²) in [6.07, 6.45) is 2.82. The lowest BCUT2D eigenvalue weighted by Gasteiger charge is -2.26. The van der Waals surface area contributed by atoms with Crippen LogP contribution in [-0.4, -0.2) is 72.2 Å². The second kappa shape index (κ2) is 13.6. The Morgan fingerprint density at radius 1 is 0.975 bits per heavy atom. The molecular weight excluding hydrogens is 512 g/mol. The molecule has 3 amide bonds. The summed E-state index contributed by atoms with van der Waals surface area (Å²) in [5.41, 5.74) is 14.3. The summed E-state index contributed by atoms with van der Waals surface area (Å²) in [5.74, 6) is -1.19. The number of amides is 3. The van der Waals surface area contributed by atoms with Crippen LogP contribution in [0.4, 0.5) is 0 Å². The predicted molar refractivity (Wildman–Crippen MR) is 151 cm³/mol. The molecule has 0 aromatic heterocycles. The maximum atomic E-state index is 13.4. The number of carbonyl (C=O) groups is 3. The summed E-state index contributed by atoms with van der Waals surface area (Å²) >= 11 is 0. The third kappa shape index (κ3) is 7.50. The van der Waals surface area contributed by atoms with Gasteiger partial charge in [-0.15, -0.1) is 0 Å². The second-order valence-electron chi connectivity index (χ2n) is 10.7. The minimum absolute atomic E-state index is 0.00218. The lowest BCUT2D eigenvalue weighted by atomic mass is 9.95. The van der Waals surface area contributed by atoms with E-state index in [4.69, 9.17) is 11.5 Å². The van der Waals surface area contributed by atoms with Gasteiger partial charge in [-0.25, -0.2) is 0 Å². The van der Waals surface area contributed by atoms with Crippen molar-refractivity contribution in [3.05, 3.63) is 47.5 Å². The number of phenolic OH excluding ortho intramolecular Hbond substituents is 2. The molecule has 0 saturated carbocycles. The van der Waals surface area contributed by atoms with Crippen molar-refractivity contribution in [2.45, 2.75) is 56.7 Å². The molecule has 2 aromatic carbocycles. The molecule has 40 heavy (non-hydrogen) atoms. The van der Waals surface area contributed by atoms with E-state index in [9.17, 15) is 24.6 Å². The zero-order valence-electron chi connectivity index (χ0n) is 22.6. The molecule has 2 heterocycles. The molecule has 1 unspecified atom stereocenters. The van der Waals surface area contributed by atoms with Crippen LogP contribution in [0.2, 0.25) is 0 Å². The van der Waals surface area contributed by atoms with Crippen LogP contribution < -0.4 is 32.7 Å². The molecule has 1 fully saturated rings. The van der Waals surface area contributed by atoms with Gasteiger partial charge in [0.25, 0.3) is 0 Å². The number of fused-ring (bicyclic) bond motifs is 5. The third-order valence-electron chi connectivity index (χ3n) is 7.62. The first kappa shape index (κ1) is 29.3. The molecule has 0 aliphatic carbocycles. The van der Waals surface area contributed by atoms with Gasteiger partial charge in [-0.05, 0) is 97.8 Å². The fraction of sp³-hybridized carbons (Fsp3) is 0.483. The second-order valence-corrected chi connectivity index (χ2v) is 10.7. The van der Waals surface area contributed by atoms with E-state index in [1.807, 2.05) is 0 Å². The smallest absolute Gasteiger partial charge is 0.243 e. The van der Waals surface area contributed by atoms with Crippen molar-refractivity contribution < 1.29 is 24.6 Å². The Morgan fingerprint density at radius 3 is 2.27 bits per heavy atom. The lowest BCUT2D eigenvalue weighted by Crippen LogP contribution is -2.57. The molecule has 2 aromatic rings. The zero-order valence-corrected chi connectivity index (χ0v) is 22.6. The van der Waals surface area contributed by atoms with Crippen molar-refractivity contribution in [3.8, 4) is 22.6 Å². The number of piperidine rings is 1. The van der Waals surface area contributed by atoms with Crippen LogP contribution in [0.3, 0.4) is 0 Å². The molecule has 2 aliphatic heterocycles. The van der Waals surface area contributed by atoms with Crippen LogP contribution in [0.15, 0.2) is 36.4 Å². The molecule has 1 saturated heterocycles. The Hall–Kier alpha value is -3.67. The quantitative estimate of drug-likeness (QED) is 0.246. The lowest BCUT2D eigenvalue weighted by molar-refractivity contribution is -0.132. The SMILES string of the molecule is NCCC[C@@H]1NC(=O)[C@@H](N)Cc2cc(ccc2O)-c2ccc(O)c(c2)C[C@@H](C(=O)NCC2CCCNC2)NC1=O. The van der Waals surface area contributed by atoms with Gasteiger partial charge in [-0.2, -0.15) is 0 Å². The number of carbonyl (C=O) groups excluding carboxylic acids is 3. The fourth-order valence-corrected chi connectivity index (χ4v) is 5.22. The topological polar surface area (TPSA) is 192 Å². The minimum atomic E-state index is -1.03. The van der Waals surface area contributed by atoms with Crippen LogP contribution in [0.5, 0.6) is 11.5 Å². The summed E-state index contributed by atoms with van der Waals surface area (Å²) in [4.78, 5) is 39.9. The largest absolute Gasteiger partial charge is 0.508 e. The van der Waals surface area contributed by atoms with E-state index in [0.717, 1.165) is 37.1 Å². The summed E-state index contributed by atoms with van der Waals surface area (Å²) in [5, 5.41) is 32.9. The van der Waals surface area contributed by atoms with Crippen molar-refractivity contribution in [3.63, 3.8) is 0 Å². The first-order chi connectivity index (χ1) is 19.2. The molecule has 0 spiro atoms. The molecule has 216 valence electrons. The highest BCUT2D eigenvalue weighted by Crippen LogP contribution is 2.31. The molecule has 2 aliphatic rings. The van der Waals surface area contributed by atoms with Gasteiger partial charge in [-0.1, -0.05) is 12.1 Å². The maximum absolute atomic E-state index is 13.4. The van der Waals surface area contributed by atoms with Gasteiger partial charge < -0.3 is 42.9 Å². The standard InChI is InChI=1S/C29H40N6O5/c30-9-1-4-23-29(40)35-24(28(39)33-16-17-3-2-10-32-15-17)14-21-12-19(6-8-26(21)37)18-5-7-25(36)20(11-18)13-22(31)27(38)34-23/h5-8,11-12,17,22-24,32,36-37H,1-4,9-10,13-16,30-31H2,(H,33,39)(H,34,38)(H,35,40)/t17?,22-,23-,24-/m0/s1. The number of aromatic hydroxyl groups is 2. The Kier molecular flexibility index (Phi) is 9.97. The van der Waals surface area contributed by atoms with E-state index in [2.05, 4.69) is 21.3 Å². The number of rotatable bonds is 6. The molecule has 4 rings (SSSR count). The summed E-state index contributed by atoms with van der Waals surface area (Å²) in [6, 6.07) is 7.04. The van der Waals surface area contributed by atoms with Gasteiger partial charge in [0.1, 0.15) is 23.6 Å². The van der Waals surface area contributed by atoms with Crippen molar-refractivity contribution in [1.82, 2.24) is 21.3 Å². The summed E-state index contributed by atoms with van der Waals surface area (Å²) < 4.78 is 0. The Morgan fingerprint density at radius 2 is 1.65 bits per heavy atom. The first-order valence-corrected chi connectivity index (χ1v) is 13.9. The van der Waals surface area contributed by atoms with Crippen molar-refractivity contribution >= 4 is 17.7 Å². The van der Waals surface area contributed by atoms with Crippen LogP contribution in [-0.2, 0) is 27.2 Å². The number of benzene rings is 2. The molecule has 0 radical (unpaired) electrons. The Labute approximate surface area is 234 Å². The summed E-state index contributed by atoms with van der Waals surface area (Å²) in [7, 11) is 0. The Balaban J connectivity index is 1.69. The highest BCUT2D eigenvalue weighted by molar-refractivity contribution is 5.93. The number of nitrogens with two attached hydrogens (primary N) is 2. The molecule has 4 atom stereocenters. The molecule has 11 nitrogen and oxygen atoms in total. The fourth-order valence-electron chi connectivity index (χ4n) is 5.22. The van der Waals surface area contributed by atoms with E-state index in [-0.39, 0.29) is 42.6 Å². The van der Waals surface area contributed by atoms with E-state index < -0.39 is 29.9 Å². The van der Waals surface area contributed by atoms with Crippen molar-refractivity contribution in [2.24, 2.45) is 17.4 Å². The predicted octanol–water partition coefficient (Wildman–Crippen LogP) is 0.0150. The molecule has 10 N–H and O–H groups in total. The average molecular weight is 553 g/mol. The van der Waals surface area contributed by atoms with Crippen molar-refractivity contribution in [1.29, 1.82) is 0 Å². The van der Waals surface area contributed by atoms with Gasteiger partial charge in [0.15, 0.2) is 0 Å². The monoisotopic (exact) mass is 552 g/mol. The molecular formula is C29H40N6O5. The van der Waals surface area contributed by atoms with Gasteiger partial charge in [0.05, 0.1) is 6.04 Å². The van der Waals surface area contributed by atoms with Crippen LogP contribution in [0, 0.1) is 5.92 Å². The first-order valence-electron chi connectivity index (χ1n) is 13.9. The van der Waals surface area contributed by atoms with Crippen LogP contribution in [0.1, 0.15) is 36.8 Å². The number of phenols is 2. The highest BCUT2D eigenvalue weighted by atomic mass is 16.3. The van der Waals surface area contributed by atoms with Crippen LogP contribution >= 0.6 is 0 Å². The Bertz CT molecular complexity index is 1220. The van der Waals surface area contributed by atoms with Gasteiger partial charge in [-0.3, -0.25) is 14.4 Å². The van der Waals surface area contributed by atoms with Crippen molar-refractivity contribution in [2.75, 3.05) is 26.2 Å². The summed E-state index contributed by atoms with van der Waals surface area (Å²) in [6.45, 7) is 2.54.